The van der Waals surface area contributed by atoms with Crippen molar-refractivity contribution in [2.75, 3.05) is 6.54 Å². The normalized spacial score (nSPS) is 21.7. The summed E-state index contributed by atoms with van der Waals surface area (Å²) in [4.78, 5) is 75.4. The summed E-state index contributed by atoms with van der Waals surface area (Å²) in [5.74, 6) is -3.38. The van der Waals surface area contributed by atoms with Crippen molar-refractivity contribution >= 4 is 35.5 Å². The first-order valence-corrected chi connectivity index (χ1v) is 14.9. The number of carboxylic acids is 1. The van der Waals surface area contributed by atoms with Crippen LogP contribution in [0.5, 0.6) is 0 Å². The number of hydrogen-bond donors (Lipinski definition) is 5. The molecule has 0 aromatic heterocycles. The number of aliphatic carboxylic acids is 1. The maximum absolute atomic E-state index is 13.7. The Kier molecular flexibility index (Phi) is 12.6. The average molecular weight is 580 g/mol. The number of amides is 5. The molecule has 41 heavy (non-hydrogen) atoms. The van der Waals surface area contributed by atoms with Crippen LogP contribution in [-0.2, 0) is 24.0 Å². The maximum Gasteiger partial charge on any atom is 0.326 e. The predicted molar refractivity (Wildman–Crippen MR) is 152 cm³/mol. The van der Waals surface area contributed by atoms with Crippen molar-refractivity contribution in [1.29, 1.82) is 0 Å². The highest BCUT2D eigenvalue weighted by molar-refractivity contribution is 6.37. The van der Waals surface area contributed by atoms with Gasteiger partial charge in [-0.05, 0) is 49.9 Å². The van der Waals surface area contributed by atoms with Crippen molar-refractivity contribution in [3.05, 3.63) is 0 Å². The number of ketones is 1. The molecule has 4 unspecified atom stereocenters. The molecule has 2 saturated carbocycles. The van der Waals surface area contributed by atoms with Gasteiger partial charge in [-0.2, -0.15) is 0 Å². The Bertz CT molecular complexity index is 969. The van der Waals surface area contributed by atoms with Gasteiger partial charge in [0.1, 0.15) is 18.1 Å². The Morgan fingerprint density at radius 1 is 0.854 bits per heavy atom. The van der Waals surface area contributed by atoms with Gasteiger partial charge in [-0.3, -0.25) is 19.2 Å². The van der Waals surface area contributed by atoms with Gasteiger partial charge >= 0.3 is 12.0 Å². The van der Waals surface area contributed by atoms with Crippen LogP contribution in [0.25, 0.3) is 0 Å². The van der Waals surface area contributed by atoms with Gasteiger partial charge in [-0.25, -0.2) is 9.59 Å². The van der Waals surface area contributed by atoms with Gasteiger partial charge in [0.15, 0.2) is 0 Å². The predicted octanol–water partition coefficient (Wildman–Crippen LogP) is 2.09. The lowest BCUT2D eigenvalue weighted by atomic mass is 9.83. The van der Waals surface area contributed by atoms with Crippen LogP contribution < -0.4 is 21.7 Å². The van der Waals surface area contributed by atoms with Crippen molar-refractivity contribution in [2.24, 2.45) is 23.0 Å². The molecule has 3 fully saturated rings. The lowest BCUT2D eigenvalue weighted by molar-refractivity contribution is -0.142. The van der Waals surface area contributed by atoms with Crippen LogP contribution in [-0.4, -0.2) is 76.2 Å². The second-order valence-electron chi connectivity index (χ2n) is 12.8. The summed E-state index contributed by atoms with van der Waals surface area (Å²) in [7, 11) is 0. The van der Waals surface area contributed by atoms with E-state index in [-0.39, 0.29) is 5.92 Å². The molecule has 1 aliphatic heterocycles. The van der Waals surface area contributed by atoms with E-state index < -0.39 is 65.1 Å². The number of urea groups is 1. The number of hydrogen-bond acceptors (Lipinski definition) is 6. The van der Waals surface area contributed by atoms with E-state index in [9.17, 15) is 33.9 Å². The van der Waals surface area contributed by atoms with Crippen LogP contribution in [0.3, 0.4) is 0 Å². The molecule has 0 bridgehead atoms. The van der Waals surface area contributed by atoms with E-state index in [2.05, 4.69) is 22.9 Å². The number of nitrogens with two attached hydrogens (primary N) is 1. The fraction of sp³-hybridized carbons (Fsp3) is 0.793. The fourth-order valence-electron chi connectivity index (χ4n) is 5.49. The molecule has 0 spiro atoms. The van der Waals surface area contributed by atoms with E-state index >= 15 is 0 Å². The first kappa shape index (κ1) is 34.0. The first-order valence-electron chi connectivity index (χ1n) is 14.9. The zero-order valence-electron chi connectivity index (χ0n) is 25.2. The molecule has 6 N–H and O–H groups in total. The molecule has 3 rings (SSSR count). The molecule has 12 heteroatoms. The molecule has 0 aromatic carbocycles. The molecule has 1 heterocycles. The SMILES string of the molecule is CC(NC(=O)C1CCCN1C(=O)C(NC(=O)NC(C(=O)O)C(C)(C)C)C1CCCCC1)C(=O)C(N)=O.CC1CCC1. The second kappa shape index (κ2) is 15.2. The number of likely N-dealkylation sites (tertiary alicyclic amines) is 1. The first-order chi connectivity index (χ1) is 19.1. The van der Waals surface area contributed by atoms with Crippen molar-refractivity contribution in [3.8, 4) is 0 Å². The van der Waals surface area contributed by atoms with Crippen LogP contribution >= 0.6 is 0 Å². The lowest BCUT2D eigenvalue weighted by Crippen LogP contribution is -2.60. The summed E-state index contributed by atoms with van der Waals surface area (Å²) in [6.07, 6.45) is 9.62. The molecule has 2 aliphatic carbocycles. The van der Waals surface area contributed by atoms with Crippen molar-refractivity contribution in [3.63, 3.8) is 0 Å². The third-order valence-corrected chi connectivity index (χ3v) is 8.29. The number of carbonyl (C=O) groups is 6. The molecule has 0 aromatic rings. The summed E-state index contributed by atoms with van der Waals surface area (Å²) >= 11 is 0. The molecule has 12 nitrogen and oxygen atoms in total. The van der Waals surface area contributed by atoms with Gasteiger partial charge in [-0.15, -0.1) is 0 Å². The molecular formula is C29H49N5O7. The van der Waals surface area contributed by atoms with E-state index in [1.807, 2.05) is 0 Å². The van der Waals surface area contributed by atoms with Crippen molar-refractivity contribution in [1.82, 2.24) is 20.9 Å². The van der Waals surface area contributed by atoms with Crippen LogP contribution in [0.1, 0.15) is 98.8 Å². The van der Waals surface area contributed by atoms with Crippen molar-refractivity contribution in [2.45, 2.75) is 123 Å². The average Bonchev–Trinajstić information content (AvgIpc) is 3.38. The maximum atomic E-state index is 13.7. The highest BCUT2D eigenvalue weighted by atomic mass is 16.4. The number of rotatable bonds is 9. The Balaban J connectivity index is 0.00000106. The van der Waals surface area contributed by atoms with E-state index in [1.165, 1.54) is 31.1 Å². The Hall–Kier alpha value is -3.18. The third kappa shape index (κ3) is 10.00. The van der Waals surface area contributed by atoms with Crippen LogP contribution in [0, 0.1) is 17.3 Å². The second-order valence-corrected chi connectivity index (χ2v) is 12.8. The number of nitrogens with one attached hydrogen (secondary N) is 3. The number of carbonyl (C=O) groups excluding carboxylic acids is 5. The standard InChI is InChI=1S/C24H39N5O7.C5H10/c1-13(17(30)19(25)31)26-20(32)15-11-8-12-29(15)21(33)16(14-9-6-5-7-10-14)27-23(36)28-18(22(34)35)24(2,3)4;1-5-3-2-4-5/h13-16,18H,5-12H2,1-4H3,(H2,25,31)(H,26,32)(H,34,35)(H2,27,28,36);5H,2-4H2,1H3. The Morgan fingerprint density at radius 3 is 1.90 bits per heavy atom. The largest absolute Gasteiger partial charge is 0.480 e. The third-order valence-electron chi connectivity index (χ3n) is 8.29. The summed E-state index contributed by atoms with van der Waals surface area (Å²) in [5.41, 5.74) is 4.24. The summed E-state index contributed by atoms with van der Waals surface area (Å²) in [6.45, 7) is 9.01. The number of carboxylic acid groups (broad SMARTS) is 1. The van der Waals surface area contributed by atoms with Crippen molar-refractivity contribution < 1.29 is 33.9 Å². The minimum atomic E-state index is -1.19. The number of primary amides is 1. The summed E-state index contributed by atoms with van der Waals surface area (Å²) < 4.78 is 0. The van der Waals surface area contributed by atoms with E-state index in [0.29, 0.717) is 32.2 Å². The molecule has 5 amide bonds. The number of nitrogens with zero attached hydrogens (tertiary/aromatic N) is 1. The smallest absolute Gasteiger partial charge is 0.326 e. The molecular weight excluding hydrogens is 530 g/mol. The quantitative estimate of drug-likeness (QED) is 0.259. The fourth-order valence-corrected chi connectivity index (χ4v) is 5.49. The van der Waals surface area contributed by atoms with E-state index in [4.69, 9.17) is 5.73 Å². The van der Waals surface area contributed by atoms with E-state index in [1.54, 1.807) is 20.8 Å². The Morgan fingerprint density at radius 2 is 1.44 bits per heavy atom. The van der Waals surface area contributed by atoms with Crippen LogP contribution in [0.2, 0.25) is 0 Å². The minimum Gasteiger partial charge on any atom is -0.480 e. The summed E-state index contributed by atoms with van der Waals surface area (Å²) in [5, 5.41) is 17.2. The monoisotopic (exact) mass is 579 g/mol. The molecule has 0 radical (unpaired) electrons. The summed E-state index contributed by atoms with van der Waals surface area (Å²) in [6, 6.07) is -4.86. The van der Waals surface area contributed by atoms with Gasteiger partial charge in [0.25, 0.3) is 5.91 Å². The molecule has 232 valence electrons. The highest BCUT2D eigenvalue weighted by Gasteiger charge is 2.42. The zero-order valence-corrected chi connectivity index (χ0v) is 25.2. The lowest BCUT2D eigenvalue weighted by Gasteiger charge is -2.35. The van der Waals surface area contributed by atoms with E-state index in [0.717, 1.165) is 25.2 Å². The van der Waals surface area contributed by atoms with Crippen LogP contribution in [0.4, 0.5) is 4.79 Å². The number of Topliss-reactive ketones (excluding diaryl/α,β-unsaturated/α-hetero) is 1. The highest BCUT2D eigenvalue weighted by Crippen LogP contribution is 2.29. The van der Waals surface area contributed by atoms with Crippen LogP contribution in [0.15, 0.2) is 0 Å². The molecule has 1 saturated heterocycles. The van der Waals surface area contributed by atoms with Gasteiger partial charge in [0, 0.05) is 6.54 Å². The topological polar surface area (TPSA) is 188 Å². The molecule has 4 atom stereocenters. The van der Waals surface area contributed by atoms with Gasteiger partial charge in [0.2, 0.25) is 17.6 Å². The van der Waals surface area contributed by atoms with Gasteiger partial charge in [-0.1, -0.05) is 66.2 Å². The zero-order chi connectivity index (χ0) is 30.9. The van der Waals surface area contributed by atoms with Gasteiger partial charge in [0.05, 0.1) is 6.04 Å². The van der Waals surface area contributed by atoms with Gasteiger partial charge < -0.3 is 31.7 Å². The Labute approximate surface area is 242 Å². The minimum absolute atomic E-state index is 0.158. The molecule has 3 aliphatic rings.